The molecule has 0 aliphatic carbocycles. The van der Waals surface area contributed by atoms with E-state index < -0.39 is 28.2 Å². The highest BCUT2D eigenvalue weighted by molar-refractivity contribution is 7.91. The molecule has 17 heavy (non-hydrogen) atoms. The topological polar surface area (TPSA) is 46.2 Å². The molecule has 0 aliphatic rings. The Bertz CT molecular complexity index is 301. The number of nitrogens with one attached hydrogen (secondary N) is 1. The zero-order valence-corrected chi connectivity index (χ0v) is 11.0. The number of rotatable bonds is 8. The summed E-state index contributed by atoms with van der Waals surface area (Å²) in [6, 6.07) is 0.299. The molecule has 0 spiro atoms. The predicted molar refractivity (Wildman–Crippen MR) is 61.7 cm³/mol. The van der Waals surface area contributed by atoms with Crippen LogP contribution in [-0.2, 0) is 9.84 Å². The zero-order valence-electron chi connectivity index (χ0n) is 10.2. The van der Waals surface area contributed by atoms with Gasteiger partial charge in [0.25, 0.3) is 0 Å². The Morgan fingerprint density at radius 2 is 1.82 bits per heavy atom. The van der Waals surface area contributed by atoms with Crippen LogP contribution in [-0.4, -0.2) is 38.7 Å². The number of hydrogen-bond acceptors (Lipinski definition) is 3. The Labute approximate surface area is 101 Å². The molecule has 0 aromatic heterocycles. The van der Waals surface area contributed by atoms with Crippen molar-refractivity contribution in [3.63, 3.8) is 0 Å². The van der Waals surface area contributed by atoms with E-state index in [4.69, 9.17) is 0 Å². The van der Waals surface area contributed by atoms with Crippen molar-refractivity contribution in [1.82, 2.24) is 5.32 Å². The molecule has 0 amide bonds. The van der Waals surface area contributed by atoms with Crippen LogP contribution < -0.4 is 5.32 Å². The maximum absolute atomic E-state index is 11.8. The Morgan fingerprint density at radius 1 is 1.24 bits per heavy atom. The standard InChI is InChI=1S/C10H20F3NO2S/c1-3-9(2)14-6-4-7-17(15,16)8-5-10(11,12)13/h9,14H,3-8H2,1-2H3. The highest BCUT2D eigenvalue weighted by Crippen LogP contribution is 2.20. The summed E-state index contributed by atoms with van der Waals surface area (Å²) in [5, 5.41) is 3.09. The van der Waals surface area contributed by atoms with Crippen molar-refractivity contribution in [2.75, 3.05) is 18.1 Å². The summed E-state index contributed by atoms with van der Waals surface area (Å²) < 4.78 is 58.1. The lowest BCUT2D eigenvalue weighted by atomic mass is 10.2. The van der Waals surface area contributed by atoms with E-state index in [1.54, 1.807) is 0 Å². The van der Waals surface area contributed by atoms with Gasteiger partial charge in [0.1, 0.15) is 0 Å². The Morgan fingerprint density at radius 3 is 2.29 bits per heavy atom. The van der Waals surface area contributed by atoms with Crippen molar-refractivity contribution in [2.24, 2.45) is 0 Å². The van der Waals surface area contributed by atoms with Gasteiger partial charge in [-0.15, -0.1) is 0 Å². The van der Waals surface area contributed by atoms with Crippen LogP contribution in [0.5, 0.6) is 0 Å². The number of alkyl halides is 3. The van der Waals surface area contributed by atoms with Gasteiger partial charge in [-0.3, -0.25) is 0 Å². The average molecular weight is 275 g/mol. The van der Waals surface area contributed by atoms with Crippen LogP contribution in [0.25, 0.3) is 0 Å². The third-order valence-electron chi connectivity index (χ3n) is 2.43. The van der Waals surface area contributed by atoms with Crippen LogP contribution in [0.15, 0.2) is 0 Å². The molecule has 0 aromatic rings. The molecule has 0 saturated carbocycles. The SMILES string of the molecule is CCC(C)NCCCS(=O)(=O)CCC(F)(F)F. The van der Waals surface area contributed by atoms with E-state index in [-0.39, 0.29) is 5.75 Å². The third-order valence-corrected chi connectivity index (χ3v) is 4.17. The number of halogens is 3. The van der Waals surface area contributed by atoms with Gasteiger partial charge in [-0.1, -0.05) is 6.92 Å². The lowest BCUT2D eigenvalue weighted by Crippen LogP contribution is -2.28. The highest BCUT2D eigenvalue weighted by Gasteiger charge is 2.29. The average Bonchev–Trinajstić information content (AvgIpc) is 2.20. The van der Waals surface area contributed by atoms with E-state index in [9.17, 15) is 21.6 Å². The predicted octanol–water partition coefficient (Wildman–Crippen LogP) is 2.13. The molecule has 0 aromatic carbocycles. The van der Waals surface area contributed by atoms with Crippen molar-refractivity contribution >= 4 is 9.84 Å². The van der Waals surface area contributed by atoms with Gasteiger partial charge in [-0.05, 0) is 26.3 Å². The molecular formula is C10H20F3NO2S. The molecule has 1 N–H and O–H groups in total. The highest BCUT2D eigenvalue weighted by atomic mass is 32.2. The monoisotopic (exact) mass is 275 g/mol. The molecule has 0 rings (SSSR count). The molecular weight excluding hydrogens is 255 g/mol. The quantitative estimate of drug-likeness (QED) is 0.690. The second-order valence-electron chi connectivity index (χ2n) is 4.13. The first-order valence-corrected chi connectivity index (χ1v) is 7.49. The number of sulfone groups is 1. The molecule has 0 saturated heterocycles. The van der Waals surface area contributed by atoms with Gasteiger partial charge in [0.05, 0.1) is 17.9 Å². The summed E-state index contributed by atoms with van der Waals surface area (Å²) in [6.07, 6.45) is -4.37. The first-order chi connectivity index (χ1) is 7.66. The second kappa shape index (κ2) is 7.20. The molecule has 7 heteroatoms. The molecule has 0 bridgehead atoms. The maximum Gasteiger partial charge on any atom is 0.390 e. The molecule has 1 atom stereocenters. The summed E-state index contributed by atoms with van der Waals surface area (Å²) in [5.74, 6) is -0.994. The first kappa shape index (κ1) is 16.7. The van der Waals surface area contributed by atoms with Crippen molar-refractivity contribution < 1.29 is 21.6 Å². The largest absolute Gasteiger partial charge is 0.390 e. The molecule has 0 heterocycles. The third kappa shape index (κ3) is 10.6. The van der Waals surface area contributed by atoms with Gasteiger partial charge in [0.15, 0.2) is 9.84 Å². The second-order valence-corrected chi connectivity index (χ2v) is 6.44. The summed E-state index contributed by atoms with van der Waals surface area (Å²) in [5.41, 5.74) is 0. The van der Waals surface area contributed by atoms with E-state index in [2.05, 4.69) is 5.32 Å². The van der Waals surface area contributed by atoms with Gasteiger partial charge in [-0.2, -0.15) is 13.2 Å². The van der Waals surface area contributed by atoms with Crippen LogP contribution in [0.4, 0.5) is 13.2 Å². The Hall–Kier alpha value is -0.300. The summed E-state index contributed by atoms with van der Waals surface area (Å²) in [4.78, 5) is 0. The van der Waals surface area contributed by atoms with E-state index >= 15 is 0 Å². The van der Waals surface area contributed by atoms with Crippen molar-refractivity contribution in [2.45, 2.75) is 45.3 Å². The maximum atomic E-state index is 11.8. The Kier molecular flexibility index (Phi) is 7.08. The normalized spacial score (nSPS) is 14.9. The van der Waals surface area contributed by atoms with Gasteiger partial charge in [0.2, 0.25) is 0 Å². The van der Waals surface area contributed by atoms with Crippen LogP contribution >= 0.6 is 0 Å². The minimum absolute atomic E-state index is 0.188. The molecule has 3 nitrogen and oxygen atoms in total. The smallest absolute Gasteiger partial charge is 0.314 e. The lowest BCUT2D eigenvalue weighted by Gasteiger charge is -2.11. The van der Waals surface area contributed by atoms with Crippen molar-refractivity contribution in [1.29, 1.82) is 0 Å². The van der Waals surface area contributed by atoms with Crippen LogP contribution in [0.2, 0.25) is 0 Å². The summed E-state index contributed by atoms with van der Waals surface area (Å²) >= 11 is 0. The lowest BCUT2D eigenvalue weighted by molar-refractivity contribution is -0.129. The van der Waals surface area contributed by atoms with Crippen molar-refractivity contribution in [3.8, 4) is 0 Å². The molecule has 0 fully saturated rings. The van der Waals surface area contributed by atoms with Gasteiger partial charge in [-0.25, -0.2) is 8.42 Å². The zero-order chi connectivity index (χ0) is 13.5. The van der Waals surface area contributed by atoms with E-state index in [1.165, 1.54) is 0 Å². The summed E-state index contributed by atoms with van der Waals surface area (Å²) in [7, 11) is -3.58. The van der Waals surface area contributed by atoms with Crippen molar-refractivity contribution in [3.05, 3.63) is 0 Å². The van der Waals surface area contributed by atoms with E-state index in [1.807, 2.05) is 13.8 Å². The fourth-order valence-corrected chi connectivity index (χ4v) is 2.49. The van der Waals surface area contributed by atoms with Crippen LogP contribution in [0, 0.1) is 0 Å². The van der Waals surface area contributed by atoms with Crippen LogP contribution in [0.1, 0.15) is 33.1 Å². The van der Waals surface area contributed by atoms with Gasteiger partial charge in [0, 0.05) is 6.04 Å². The van der Waals surface area contributed by atoms with Gasteiger partial charge >= 0.3 is 6.18 Å². The fourth-order valence-electron chi connectivity index (χ4n) is 1.16. The minimum Gasteiger partial charge on any atom is -0.314 e. The Balaban J connectivity index is 3.80. The van der Waals surface area contributed by atoms with E-state index in [0.29, 0.717) is 19.0 Å². The first-order valence-electron chi connectivity index (χ1n) is 5.67. The molecule has 1 unspecified atom stereocenters. The number of hydrogen-bond donors (Lipinski definition) is 1. The molecule has 104 valence electrons. The summed E-state index contributed by atoms with van der Waals surface area (Å²) in [6.45, 7) is 4.48. The van der Waals surface area contributed by atoms with Crippen LogP contribution in [0.3, 0.4) is 0 Å². The van der Waals surface area contributed by atoms with E-state index in [0.717, 1.165) is 6.42 Å². The fraction of sp³-hybridized carbons (Fsp3) is 1.00. The molecule has 0 aliphatic heterocycles. The molecule has 0 radical (unpaired) electrons. The van der Waals surface area contributed by atoms with Gasteiger partial charge < -0.3 is 5.32 Å². The minimum atomic E-state index is -4.40.